The molecular weight excluding hydrogens is 314 g/mol. The van der Waals surface area contributed by atoms with Gasteiger partial charge in [0, 0.05) is 37.9 Å². The summed E-state index contributed by atoms with van der Waals surface area (Å²) in [6, 6.07) is 1.93. The molecule has 1 unspecified atom stereocenters. The third-order valence-electron chi connectivity index (χ3n) is 4.73. The fourth-order valence-corrected chi connectivity index (χ4v) is 3.40. The predicted molar refractivity (Wildman–Crippen MR) is 96.7 cm³/mol. The van der Waals surface area contributed by atoms with Crippen molar-refractivity contribution in [3.8, 4) is 11.4 Å². The van der Waals surface area contributed by atoms with E-state index in [9.17, 15) is 4.79 Å². The molecule has 3 heterocycles. The van der Waals surface area contributed by atoms with Gasteiger partial charge in [0.05, 0.1) is 17.6 Å². The first kappa shape index (κ1) is 17.6. The summed E-state index contributed by atoms with van der Waals surface area (Å²) in [5, 5.41) is 4.17. The third-order valence-corrected chi connectivity index (χ3v) is 4.73. The molecular formula is C19H27N5O. The Balaban J connectivity index is 1.64. The van der Waals surface area contributed by atoms with Crippen LogP contribution in [0.5, 0.6) is 0 Å². The van der Waals surface area contributed by atoms with Crippen LogP contribution in [0.4, 0.5) is 0 Å². The molecule has 1 fully saturated rings. The van der Waals surface area contributed by atoms with Crippen molar-refractivity contribution in [1.82, 2.24) is 24.6 Å². The van der Waals surface area contributed by atoms with E-state index in [4.69, 9.17) is 0 Å². The highest BCUT2D eigenvalue weighted by Gasteiger charge is 2.31. The van der Waals surface area contributed by atoms with Crippen molar-refractivity contribution in [1.29, 1.82) is 0 Å². The van der Waals surface area contributed by atoms with E-state index in [1.807, 2.05) is 51.2 Å². The normalized spacial score (nSPS) is 18.4. The van der Waals surface area contributed by atoms with Gasteiger partial charge in [0.1, 0.15) is 5.69 Å². The third kappa shape index (κ3) is 4.06. The Hall–Kier alpha value is -2.24. The molecule has 2 aromatic heterocycles. The molecule has 0 bridgehead atoms. The number of amides is 1. The van der Waals surface area contributed by atoms with E-state index in [1.165, 1.54) is 0 Å². The summed E-state index contributed by atoms with van der Waals surface area (Å²) in [5.41, 5.74) is 2.46. The molecule has 1 amide bonds. The van der Waals surface area contributed by atoms with Gasteiger partial charge in [-0.15, -0.1) is 0 Å². The van der Waals surface area contributed by atoms with Crippen LogP contribution in [0.3, 0.4) is 0 Å². The van der Waals surface area contributed by atoms with E-state index in [0.29, 0.717) is 5.92 Å². The van der Waals surface area contributed by atoms with Gasteiger partial charge in [0.15, 0.2) is 0 Å². The lowest BCUT2D eigenvalue weighted by molar-refractivity contribution is -0.141. The predicted octanol–water partition coefficient (Wildman–Crippen LogP) is 2.70. The smallest absolute Gasteiger partial charge is 0.227 e. The van der Waals surface area contributed by atoms with E-state index in [0.717, 1.165) is 49.4 Å². The zero-order valence-electron chi connectivity index (χ0n) is 15.6. The molecule has 3 rings (SSSR count). The second-order valence-corrected chi connectivity index (χ2v) is 7.95. The van der Waals surface area contributed by atoms with Crippen LogP contribution in [0.1, 0.15) is 39.3 Å². The van der Waals surface area contributed by atoms with Gasteiger partial charge in [-0.3, -0.25) is 19.4 Å². The number of hydrogen-bond acceptors (Lipinski definition) is 4. The van der Waals surface area contributed by atoms with Crippen molar-refractivity contribution in [2.24, 2.45) is 18.4 Å². The molecule has 25 heavy (non-hydrogen) atoms. The van der Waals surface area contributed by atoms with Crippen LogP contribution in [0.2, 0.25) is 0 Å². The van der Waals surface area contributed by atoms with Crippen LogP contribution >= 0.6 is 0 Å². The zero-order chi connectivity index (χ0) is 18.0. The number of aromatic nitrogens is 4. The molecule has 1 aliphatic rings. The van der Waals surface area contributed by atoms with Crippen molar-refractivity contribution in [3.05, 3.63) is 30.4 Å². The van der Waals surface area contributed by atoms with E-state index < -0.39 is 0 Å². The fraction of sp³-hybridized carbons (Fsp3) is 0.579. The van der Waals surface area contributed by atoms with Crippen molar-refractivity contribution < 1.29 is 4.79 Å². The molecule has 0 spiro atoms. The van der Waals surface area contributed by atoms with Crippen molar-refractivity contribution in [3.63, 3.8) is 0 Å². The minimum Gasteiger partial charge on any atom is -0.342 e. The van der Waals surface area contributed by atoms with Crippen LogP contribution in [0, 0.1) is 11.3 Å². The molecule has 0 N–H and O–H groups in total. The minimum atomic E-state index is -0.313. The minimum absolute atomic E-state index is 0.245. The molecule has 1 aliphatic heterocycles. The Morgan fingerprint density at radius 2 is 2.08 bits per heavy atom. The molecule has 134 valence electrons. The molecule has 1 atom stereocenters. The number of piperidine rings is 1. The number of carbonyl (C=O) groups excluding carboxylic acids is 1. The van der Waals surface area contributed by atoms with Crippen molar-refractivity contribution in [2.75, 3.05) is 13.1 Å². The fourth-order valence-electron chi connectivity index (χ4n) is 3.40. The van der Waals surface area contributed by atoms with Crippen LogP contribution in [-0.2, 0) is 18.3 Å². The topological polar surface area (TPSA) is 63.9 Å². The Morgan fingerprint density at radius 1 is 1.28 bits per heavy atom. The zero-order valence-corrected chi connectivity index (χ0v) is 15.6. The number of rotatable bonds is 3. The van der Waals surface area contributed by atoms with E-state index in [-0.39, 0.29) is 11.3 Å². The lowest BCUT2D eigenvalue weighted by atomic mass is 9.89. The van der Waals surface area contributed by atoms with Crippen LogP contribution in [0.15, 0.2) is 24.7 Å². The second-order valence-electron chi connectivity index (χ2n) is 7.95. The summed E-state index contributed by atoms with van der Waals surface area (Å²) in [4.78, 5) is 23.7. The number of carbonyl (C=O) groups is 1. The lowest BCUT2D eigenvalue weighted by Gasteiger charge is -2.36. The van der Waals surface area contributed by atoms with Crippen molar-refractivity contribution in [2.45, 2.75) is 40.0 Å². The highest BCUT2D eigenvalue weighted by atomic mass is 16.2. The highest BCUT2D eigenvalue weighted by Crippen LogP contribution is 2.25. The van der Waals surface area contributed by atoms with Crippen molar-refractivity contribution >= 4 is 5.91 Å². The van der Waals surface area contributed by atoms with E-state index in [2.05, 4.69) is 15.1 Å². The highest BCUT2D eigenvalue weighted by molar-refractivity contribution is 5.81. The molecule has 6 heteroatoms. The summed E-state index contributed by atoms with van der Waals surface area (Å²) < 4.78 is 1.79. The molecule has 0 saturated carbocycles. The van der Waals surface area contributed by atoms with Crippen LogP contribution < -0.4 is 0 Å². The van der Waals surface area contributed by atoms with E-state index >= 15 is 0 Å². The lowest BCUT2D eigenvalue weighted by Crippen LogP contribution is -2.45. The van der Waals surface area contributed by atoms with Crippen LogP contribution in [0.25, 0.3) is 11.4 Å². The maximum atomic E-state index is 12.5. The number of likely N-dealkylation sites (tertiary alicyclic amines) is 1. The average molecular weight is 341 g/mol. The SMILES string of the molecule is Cn1nccc1-c1cnc(CC2CCCN(C(=O)C(C)(C)C)C2)cn1. The molecule has 6 nitrogen and oxygen atoms in total. The summed E-state index contributed by atoms with van der Waals surface area (Å²) in [7, 11) is 1.90. The van der Waals surface area contributed by atoms with Gasteiger partial charge in [-0.25, -0.2) is 0 Å². The molecule has 0 aliphatic carbocycles. The molecule has 0 aromatic carbocycles. The average Bonchev–Trinajstić information content (AvgIpc) is 3.00. The Bertz CT molecular complexity index is 729. The molecule has 0 radical (unpaired) electrons. The number of aryl methyl sites for hydroxylation is 1. The van der Waals surface area contributed by atoms with Gasteiger partial charge in [0.25, 0.3) is 0 Å². The first-order chi connectivity index (χ1) is 11.8. The van der Waals surface area contributed by atoms with Gasteiger partial charge in [0.2, 0.25) is 5.91 Å². The van der Waals surface area contributed by atoms with Gasteiger partial charge >= 0.3 is 0 Å². The monoisotopic (exact) mass is 341 g/mol. The molecule has 2 aromatic rings. The first-order valence-electron chi connectivity index (χ1n) is 8.93. The Kier molecular flexibility index (Phi) is 4.88. The van der Waals surface area contributed by atoms with E-state index in [1.54, 1.807) is 10.9 Å². The Labute approximate surface area is 149 Å². The van der Waals surface area contributed by atoms with Gasteiger partial charge < -0.3 is 4.90 Å². The maximum Gasteiger partial charge on any atom is 0.227 e. The summed E-state index contributed by atoms with van der Waals surface area (Å²) in [6.07, 6.45) is 8.49. The summed E-state index contributed by atoms with van der Waals surface area (Å²) >= 11 is 0. The number of nitrogens with zero attached hydrogens (tertiary/aromatic N) is 5. The van der Waals surface area contributed by atoms with Gasteiger partial charge in [-0.2, -0.15) is 5.10 Å². The summed E-state index contributed by atoms with van der Waals surface area (Å²) in [5.74, 6) is 0.701. The van der Waals surface area contributed by atoms with Crippen LogP contribution in [-0.4, -0.2) is 43.6 Å². The van der Waals surface area contributed by atoms with Gasteiger partial charge in [-0.1, -0.05) is 20.8 Å². The quantitative estimate of drug-likeness (QED) is 0.861. The second kappa shape index (κ2) is 6.94. The molecule has 1 saturated heterocycles. The largest absolute Gasteiger partial charge is 0.342 e. The van der Waals surface area contributed by atoms with Gasteiger partial charge in [-0.05, 0) is 31.2 Å². The Morgan fingerprint density at radius 3 is 2.68 bits per heavy atom. The maximum absolute atomic E-state index is 12.5. The summed E-state index contributed by atoms with van der Waals surface area (Å²) in [6.45, 7) is 7.66. The number of hydrogen-bond donors (Lipinski definition) is 0. The first-order valence-corrected chi connectivity index (χ1v) is 8.93. The standard InChI is InChI=1S/C19H27N5O/c1-19(2,3)18(25)24-9-5-6-14(13-24)10-15-11-21-16(12-20-15)17-7-8-22-23(17)4/h7-8,11-12,14H,5-6,9-10,13H2,1-4H3.